The quantitative estimate of drug-likeness (QED) is 0.704. The second-order valence-corrected chi connectivity index (χ2v) is 3.31. The van der Waals surface area contributed by atoms with E-state index in [4.69, 9.17) is 11.6 Å². The topological polar surface area (TPSA) is 38.7 Å². The van der Waals surface area contributed by atoms with Crippen LogP contribution in [0.5, 0.6) is 0 Å². The molecule has 2 heterocycles. The fourth-order valence-electron chi connectivity index (χ4n) is 0.781. The number of aromatic nitrogens is 3. The van der Waals surface area contributed by atoms with Crippen LogP contribution in [0.1, 0.15) is 0 Å². The van der Waals surface area contributed by atoms with Crippen LogP contribution in [0.15, 0.2) is 24.0 Å². The average molecular weight is 198 g/mol. The molecule has 0 atom stereocenters. The van der Waals surface area contributed by atoms with E-state index in [-0.39, 0.29) is 0 Å². The van der Waals surface area contributed by atoms with Gasteiger partial charge in [-0.15, -0.1) is 11.3 Å². The van der Waals surface area contributed by atoms with Crippen molar-refractivity contribution in [3.63, 3.8) is 0 Å². The number of halogens is 1. The van der Waals surface area contributed by atoms with Gasteiger partial charge in [0.2, 0.25) is 0 Å². The lowest BCUT2D eigenvalue weighted by Gasteiger charge is -1.90. The predicted molar refractivity (Wildman–Crippen MR) is 48.2 cm³/mol. The van der Waals surface area contributed by atoms with E-state index in [1.807, 2.05) is 0 Å². The van der Waals surface area contributed by atoms with Gasteiger partial charge in [-0.05, 0) is 0 Å². The third-order valence-corrected chi connectivity index (χ3v) is 2.45. The van der Waals surface area contributed by atoms with Crippen molar-refractivity contribution in [1.29, 1.82) is 0 Å². The van der Waals surface area contributed by atoms with Crippen LogP contribution < -0.4 is 0 Å². The number of thiazole rings is 1. The minimum atomic E-state index is 0.501. The van der Waals surface area contributed by atoms with Crippen LogP contribution in [0.3, 0.4) is 0 Å². The Kier molecular flexibility index (Phi) is 2.01. The molecule has 0 saturated carbocycles. The third kappa shape index (κ3) is 1.44. The van der Waals surface area contributed by atoms with E-state index >= 15 is 0 Å². The van der Waals surface area contributed by atoms with Gasteiger partial charge in [-0.1, -0.05) is 11.6 Å². The lowest BCUT2D eigenvalue weighted by molar-refractivity contribution is 1.19. The molecule has 0 aliphatic rings. The second-order valence-electron chi connectivity index (χ2n) is 2.07. The SMILES string of the molecule is Clc1csc(-c2cnccn2)n1. The largest absolute Gasteiger partial charge is 0.261 e. The Morgan fingerprint density at radius 3 is 2.83 bits per heavy atom. The molecule has 2 rings (SSSR count). The smallest absolute Gasteiger partial charge is 0.145 e. The Morgan fingerprint density at radius 1 is 1.33 bits per heavy atom. The number of hydrogen-bond acceptors (Lipinski definition) is 4. The summed E-state index contributed by atoms with van der Waals surface area (Å²) in [5.74, 6) is 0. The summed E-state index contributed by atoms with van der Waals surface area (Å²) < 4.78 is 0. The molecule has 0 amide bonds. The molecule has 0 bridgehead atoms. The number of nitrogens with zero attached hydrogens (tertiary/aromatic N) is 3. The first kappa shape index (κ1) is 7.64. The second kappa shape index (κ2) is 3.16. The molecule has 2 aromatic heterocycles. The molecule has 3 nitrogen and oxygen atoms in total. The van der Waals surface area contributed by atoms with E-state index in [1.165, 1.54) is 11.3 Å². The first-order chi connectivity index (χ1) is 5.86. The van der Waals surface area contributed by atoms with Crippen molar-refractivity contribution < 1.29 is 0 Å². The van der Waals surface area contributed by atoms with Gasteiger partial charge in [0.15, 0.2) is 0 Å². The van der Waals surface area contributed by atoms with Crippen molar-refractivity contribution in [1.82, 2.24) is 15.0 Å². The van der Waals surface area contributed by atoms with Gasteiger partial charge < -0.3 is 0 Å². The molecular weight excluding hydrogens is 194 g/mol. The molecule has 0 aliphatic carbocycles. The van der Waals surface area contributed by atoms with Crippen LogP contribution in [0.4, 0.5) is 0 Å². The van der Waals surface area contributed by atoms with E-state index < -0.39 is 0 Å². The molecule has 60 valence electrons. The zero-order valence-electron chi connectivity index (χ0n) is 5.94. The zero-order chi connectivity index (χ0) is 8.39. The van der Waals surface area contributed by atoms with Crippen LogP contribution in [0.2, 0.25) is 5.15 Å². The minimum absolute atomic E-state index is 0.501. The molecule has 0 N–H and O–H groups in total. The van der Waals surface area contributed by atoms with Gasteiger partial charge in [-0.2, -0.15) is 0 Å². The van der Waals surface area contributed by atoms with Gasteiger partial charge in [0.1, 0.15) is 15.9 Å². The summed E-state index contributed by atoms with van der Waals surface area (Å²) in [6.45, 7) is 0. The van der Waals surface area contributed by atoms with Crippen LogP contribution >= 0.6 is 22.9 Å². The molecule has 0 unspecified atom stereocenters. The minimum Gasteiger partial charge on any atom is -0.261 e. The monoisotopic (exact) mass is 197 g/mol. The summed E-state index contributed by atoms with van der Waals surface area (Å²) in [5, 5.41) is 3.07. The summed E-state index contributed by atoms with van der Waals surface area (Å²) in [4.78, 5) is 12.1. The third-order valence-electron chi connectivity index (χ3n) is 1.26. The van der Waals surface area contributed by atoms with Gasteiger partial charge in [-0.3, -0.25) is 9.97 Å². The van der Waals surface area contributed by atoms with E-state index in [2.05, 4.69) is 15.0 Å². The number of rotatable bonds is 1. The maximum absolute atomic E-state index is 5.66. The molecule has 0 spiro atoms. The fraction of sp³-hybridized carbons (Fsp3) is 0. The highest BCUT2D eigenvalue weighted by atomic mass is 35.5. The standard InChI is InChI=1S/C7H4ClN3S/c8-6-4-12-7(11-6)5-3-9-1-2-10-5/h1-4H. The van der Waals surface area contributed by atoms with Crippen molar-refractivity contribution in [2.45, 2.75) is 0 Å². The van der Waals surface area contributed by atoms with Crippen molar-refractivity contribution in [2.75, 3.05) is 0 Å². The lowest BCUT2D eigenvalue weighted by atomic mass is 10.5. The van der Waals surface area contributed by atoms with Crippen molar-refractivity contribution in [3.8, 4) is 10.7 Å². The van der Waals surface area contributed by atoms with Crippen LogP contribution in [-0.4, -0.2) is 15.0 Å². The van der Waals surface area contributed by atoms with Gasteiger partial charge in [0.05, 0.1) is 6.20 Å². The Balaban J connectivity index is 2.45. The van der Waals surface area contributed by atoms with Crippen LogP contribution in [-0.2, 0) is 0 Å². The molecule has 0 radical (unpaired) electrons. The first-order valence-corrected chi connectivity index (χ1v) is 4.49. The molecule has 0 aliphatic heterocycles. The summed E-state index contributed by atoms with van der Waals surface area (Å²) in [5.41, 5.74) is 0.759. The van der Waals surface area contributed by atoms with Crippen LogP contribution in [0.25, 0.3) is 10.7 Å². The Labute approximate surface area is 78.1 Å². The molecule has 12 heavy (non-hydrogen) atoms. The summed E-state index contributed by atoms with van der Waals surface area (Å²) >= 11 is 7.12. The molecule has 0 saturated heterocycles. The number of hydrogen-bond donors (Lipinski definition) is 0. The van der Waals surface area contributed by atoms with E-state index in [0.29, 0.717) is 5.15 Å². The Bertz CT molecular complexity index is 373. The molecule has 5 heteroatoms. The highest BCUT2D eigenvalue weighted by molar-refractivity contribution is 7.13. The maximum Gasteiger partial charge on any atom is 0.145 e. The van der Waals surface area contributed by atoms with Gasteiger partial charge in [0, 0.05) is 17.8 Å². The van der Waals surface area contributed by atoms with Gasteiger partial charge in [0.25, 0.3) is 0 Å². The molecule has 2 aromatic rings. The Morgan fingerprint density at radius 2 is 2.25 bits per heavy atom. The molecule has 0 fully saturated rings. The highest BCUT2D eigenvalue weighted by Gasteiger charge is 2.02. The lowest BCUT2D eigenvalue weighted by Crippen LogP contribution is -1.81. The van der Waals surface area contributed by atoms with Crippen molar-refractivity contribution in [2.24, 2.45) is 0 Å². The first-order valence-electron chi connectivity index (χ1n) is 3.23. The van der Waals surface area contributed by atoms with E-state index in [0.717, 1.165) is 10.7 Å². The summed E-state index contributed by atoms with van der Waals surface area (Å²) in [7, 11) is 0. The summed E-state index contributed by atoms with van der Waals surface area (Å²) in [6.07, 6.45) is 4.92. The average Bonchev–Trinajstić information content (AvgIpc) is 2.54. The highest BCUT2D eigenvalue weighted by Crippen LogP contribution is 2.22. The normalized spacial score (nSPS) is 10.1. The van der Waals surface area contributed by atoms with Crippen molar-refractivity contribution >= 4 is 22.9 Å². The van der Waals surface area contributed by atoms with E-state index in [1.54, 1.807) is 24.0 Å². The zero-order valence-corrected chi connectivity index (χ0v) is 7.51. The van der Waals surface area contributed by atoms with Gasteiger partial charge >= 0.3 is 0 Å². The molecular formula is C7H4ClN3S. The van der Waals surface area contributed by atoms with Crippen LogP contribution in [0, 0.1) is 0 Å². The van der Waals surface area contributed by atoms with E-state index in [9.17, 15) is 0 Å². The maximum atomic E-state index is 5.66. The van der Waals surface area contributed by atoms with Gasteiger partial charge in [-0.25, -0.2) is 4.98 Å². The Hall–Kier alpha value is -1.00. The fourth-order valence-corrected chi connectivity index (χ4v) is 1.69. The predicted octanol–water partition coefficient (Wildman–Crippen LogP) is 2.25. The van der Waals surface area contributed by atoms with Crippen molar-refractivity contribution in [3.05, 3.63) is 29.1 Å². The summed E-state index contributed by atoms with van der Waals surface area (Å²) in [6, 6.07) is 0. The molecule has 0 aromatic carbocycles.